The molecule has 0 unspecified atom stereocenters. The van der Waals surface area contributed by atoms with Gasteiger partial charge >= 0.3 is 0 Å². The zero-order valence-electron chi connectivity index (χ0n) is 7.42. The molecule has 13 heavy (non-hydrogen) atoms. The van der Waals surface area contributed by atoms with E-state index in [4.69, 9.17) is 16.3 Å². The van der Waals surface area contributed by atoms with E-state index in [9.17, 15) is 0 Å². The van der Waals surface area contributed by atoms with Crippen molar-refractivity contribution in [3.8, 4) is 36.0 Å². The first-order valence-corrected chi connectivity index (χ1v) is 3.34. The van der Waals surface area contributed by atoms with E-state index >= 15 is 0 Å². The minimum atomic E-state index is -0.250. The van der Waals surface area contributed by atoms with E-state index in [1.807, 2.05) is 6.92 Å². The number of rotatable bonds is 1. The molecule has 0 bridgehead atoms. The fourth-order valence-electron chi connectivity index (χ4n) is 0.307. The number of terminal acetylenes is 1. The van der Waals surface area contributed by atoms with E-state index in [1.165, 1.54) is 0 Å². The molecule has 0 amide bonds. The quantitative estimate of drug-likeness (QED) is 0.391. The highest BCUT2D eigenvalue weighted by molar-refractivity contribution is 5.34. The van der Waals surface area contributed by atoms with Crippen LogP contribution in [0.15, 0.2) is 12.2 Å². The fourth-order valence-corrected chi connectivity index (χ4v) is 0.307. The second kappa shape index (κ2) is 12.6. The van der Waals surface area contributed by atoms with Gasteiger partial charge in [-0.1, -0.05) is 18.1 Å². The molecule has 0 aromatic rings. The number of allylic oxidation sites excluding steroid dienone is 1. The van der Waals surface area contributed by atoms with Crippen molar-refractivity contribution in [3.63, 3.8) is 0 Å². The Morgan fingerprint density at radius 3 is 2.54 bits per heavy atom. The van der Waals surface area contributed by atoms with Gasteiger partial charge in [0.1, 0.15) is 0 Å². The largest absolute Gasteiger partial charge is 0.483 e. The Morgan fingerprint density at radius 1 is 1.62 bits per heavy atom. The summed E-state index contributed by atoms with van der Waals surface area (Å²) in [6.45, 7) is 5.35. The minimum Gasteiger partial charge on any atom is -0.483 e. The van der Waals surface area contributed by atoms with Gasteiger partial charge in [0, 0.05) is 17.8 Å². The average Bonchev–Trinajstić information content (AvgIpc) is 2.05. The summed E-state index contributed by atoms with van der Waals surface area (Å²) in [5, 5.41) is 6.89. The normalized spacial score (nSPS) is 5.23. The van der Waals surface area contributed by atoms with Crippen LogP contribution in [0.3, 0.4) is 0 Å². The molecule has 82 valence electrons. The molecule has 0 aromatic carbocycles. The predicted octanol–water partition coefficient (Wildman–Crippen LogP) is 3.26. The van der Waals surface area contributed by atoms with Gasteiger partial charge in [0.2, 0.25) is 0 Å². The molecule has 0 radical (unpaired) electrons. The van der Waals surface area contributed by atoms with E-state index in [0.717, 1.165) is 5.57 Å². The number of hydrogen-bond donors (Lipinski definition) is 1. The van der Waals surface area contributed by atoms with Crippen molar-refractivity contribution >= 4 is 6.47 Å². The molecule has 0 fully saturated rings. The Labute approximate surface area is 90.5 Å². The van der Waals surface area contributed by atoms with Crippen molar-refractivity contribution in [1.29, 1.82) is 0 Å². The van der Waals surface area contributed by atoms with Crippen molar-refractivity contribution in [1.82, 2.24) is 0 Å². The maximum absolute atomic E-state index is 8.36. The molecule has 0 aliphatic rings. The van der Waals surface area contributed by atoms with Crippen LogP contribution in [0.4, 0.5) is 0 Å². The highest BCUT2D eigenvalue weighted by Gasteiger charge is 1.74. The summed E-state index contributed by atoms with van der Waals surface area (Å²) in [7, 11) is 0. The first-order valence-electron chi connectivity index (χ1n) is 3.34. The van der Waals surface area contributed by atoms with Gasteiger partial charge in [-0.15, -0.1) is 6.42 Å². The third kappa shape index (κ3) is 25.7. The van der Waals surface area contributed by atoms with Gasteiger partial charge in [-0.05, 0) is 30.6 Å². The van der Waals surface area contributed by atoms with Crippen LogP contribution in [-0.2, 0) is 4.79 Å². The fraction of sp³-hybridized carbons (Fsp3) is 0.182. The van der Waals surface area contributed by atoms with Crippen LogP contribution in [0.5, 0.6) is 0 Å². The zero-order valence-corrected chi connectivity index (χ0v) is 7.42. The lowest BCUT2D eigenvalue weighted by atomic mass is 10.2. The number of carboxylic acid groups (broad SMARTS) is 1. The van der Waals surface area contributed by atoms with Gasteiger partial charge in [0.05, 0.1) is 0 Å². The summed E-state index contributed by atoms with van der Waals surface area (Å²) < 4.78 is 0. The second-order valence-corrected chi connectivity index (χ2v) is 1.94. The van der Waals surface area contributed by atoms with Crippen LogP contribution in [0.25, 0.3) is 0 Å². The SMILES string of the molecule is C#CC#CC#CCC(=C)C.O=CO.[HH].[HH].[HH].[HH].[HH].[HH].[HH].[HH]. The van der Waals surface area contributed by atoms with Gasteiger partial charge in [0.25, 0.3) is 6.47 Å². The van der Waals surface area contributed by atoms with E-state index in [1.54, 1.807) is 0 Å². The molecule has 0 saturated heterocycles. The highest BCUT2D eigenvalue weighted by Crippen LogP contribution is 1.90. The summed E-state index contributed by atoms with van der Waals surface area (Å²) in [6.07, 6.45) is 5.56. The lowest BCUT2D eigenvalue weighted by Crippen LogP contribution is -1.65. The molecular weight excluding hydrogens is 164 g/mol. The van der Waals surface area contributed by atoms with Gasteiger partial charge in [-0.2, -0.15) is 0 Å². The van der Waals surface area contributed by atoms with Crippen LogP contribution in [0, 0.1) is 36.0 Å². The molecule has 0 aromatic heterocycles. The van der Waals surface area contributed by atoms with Crippen molar-refractivity contribution in [2.24, 2.45) is 0 Å². The van der Waals surface area contributed by atoms with Gasteiger partial charge < -0.3 is 5.11 Å². The third-order valence-corrected chi connectivity index (χ3v) is 0.676. The number of hydrogen-bond acceptors (Lipinski definition) is 1. The molecule has 2 nitrogen and oxygen atoms in total. The van der Waals surface area contributed by atoms with Crippen LogP contribution >= 0.6 is 0 Å². The lowest BCUT2D eigenvalue weighted by Gasteiger charge is -1.81. The van der Waals surface area contributed by atoms with Gasteiger partial charge in [-0.25, -0.2) is 0 Å². The van der Waals surface area contributed by atoms with Crippen LogP contribution in [0.2, 0.25) is 0 Å². The van der Waals surface area contributed by atoms with E-state index in [2.05, 4.69) is 36.2 Å². The van der Waals surface area contributed by atoms with Crippen molar-refractivity contribution in [2.75, 3.05) is 0 Å². The lowest BCUT2D eigenvalue weighted by molar-refractivity contribution is -0.122. The van der Waals surface area contributed by atoms with E-state index in [0.29, 0.717) is 6.42 Å². The molecule has 0 atom stereocenters. The summed E-state index contributed by atoms with van der Waals surface area (Å²) in [5.74, 6) is 12.5. The highest BCUT2D eigenvalue weighted by atomic mass is 16.3. The summed E-state index contributed by atoms with van der Waals surface area (Å²) in [6, 6.07) is 0. The summed E-state index contributed by atoms with van der Waals surface area (Å²) in [5.41, 5.74) is 1.04. The Morgan fingerprint density at radius 2 is 2.15 bits per heavy atom. The Hall–Kier alpha value is -2.11. The predicted molar refractivity (Wildman–Crippen MR) is 69.4 cm³/mol. The molecule has 2 heteroatoms. The summed E-state index contributed by atoms with van der Waals surface area (Å²) >= 11 is 0. The second-order valence-electron chi connectivity index (χ2n) is 1.94. The molecule has 1 N–H and O–H groups in total. The Balaban J connectivity index is -0.0000000128. The van der Waals surface area contributed by atoms with E-state index in [-0.39, 0.29) is 17.9 Å². The topological polar surface area (TPSA) is 37.3 Å². The molecule has 0 rings (SSSR count). The van der Waals surface area contributed by atoms with Gasteiger partial charge in [0.15, 0.2) is 0 Å². The first kappa shape index (κ1) is 13.5. The Bertz CT molecular complexity index is 330. The van der Waals surface area contributed by atoms with E-state index < -0.39 is 0 Å². The Kier molecular flexibility index (Phi) is 13.0. The van der Waals surface area contributed by atoms with Crippen molar-refractivity contribution in [2.45, 2.75) is 13.3 Å². The molecule has 0 spiro atoms. The maximum Gasteiger partial charge on any atom is 0.290 e. The monoisotopic (exact) mass is 190 g/mol. The summed E-state index contributed by atoms with van der Waals surface area (Å²) in [4.78, 5) is 8.36. The number of carbonyl (C=O) groups is 1. The standard InChI is InChI=1S/C10H8.CH2O2.8H2/c1-4-5-6-7-8-9-10(2)3;2-1-3;;;;;;;;/h1H,2,9H2,3H3;1H,(H,2,3);8*1H. The minimum absolute atomic E-state index is 0. The van der Waals surface area contributed by atoms with Crippen LogP contribution in [-0.4, -0.2) is 11.6 Å². The van der Waals surface area contributed by atoms with Crippen molar-refractivity contribution in [3.05, 3.63) is 12.2 Å². The molecular formula is C11H26O2. The first-order chi connectivity index (χ1) is 6.18. The molecule has 0 aliphatic carbocycles. The van der Waals surface area contributed by atoms with Gasteiger partial charge in [-0.3, -0.25) is 4.79 Å². The molecule has 0 saturated carbocycles. The smallest absolute Gasteiger partial charge is 0.290 e. The van der Waals surface area contributed by atoms with Crippen LogP contribution < -0.4 is 0 Å². The third-order valence-electron chi connectivity index (χ3n) is 0.676. The molecule has 0 aliphatic heterocycles. The van der Waals surface area contributed by atoms with Crippen LogP contribution in [0.1, 0.15) is 24.8 Å². The van der Waals surface area contributed by atoms with Crippen molar-refractivity contribution < 1.29 is 21.3 Å². The average molecular weight is 190 g/mol. The molecule has 0 heterocycles. The zero-order chi connectivity index (χ0) is 10.5. The maximum atomic E-state index is 8.36.